The summed E-state index contributed by atoms with van der Waals surface area (Å²) in [7, 11) is 0. The number of alkyl halides is 3. The number of nitrogens with two attached hydrogens (primary N) is 1. The number of halogens is 3. The molecule has 0 aliphatic carbocycles. The smallest absolute Gasteiger partial charge is 0.383 e. The van der Waals surface area contributed by atoms with Crippen molar-refractivity contribution in [3.8, 4) is 0 Å². The Bertz CT molecular complexity index is 761. The summed E-state index contributed by atoms with van der Waals surface area (Å²) in [6.45, 7) is 0.566. The lowest BCUT2D eigenvalue weighted by Crippen LogP contribution is -2.37. The molecular weight excluding hydrogens is 309 g/mol. The summed E-state index contributed by atoms with van der Waals surface area (Å²) >= 11 is 0. The van der Waals surface area contributed by atoms with Gasteiger partial charge in [0.05, 0.1) is 17.8 Å². The number of fused-ring (bicyclic) bond motifs is 1. The van der Waals surface area contributed by atoms with Gasteiger partial charge >= 0.3 is 6.18 Å². The minimum atomic E-state index is -4.48. The van der Waals surface area contributed by atoms with E-state index in [2.05, 4.69) is 9.97 Å². The third kappa shape index (κ3) is 2.96. The summed E-state index contributed by atoms with van der Waals surface area (Å²) in [5.74, 6) is -0.0832. The van der Waals surface area contributed by atoms with Gasteiger partial charge in [0.25, 0.3) is 5.91 Å². The quantitative estimate of drug-likeness (QED) is 0.874. The molecule has 1 amide bonds. The van der Waals surface area contributed by atoms with E-state index in [1.54, 1.807) is 0 Å². The fourth-order valence-corrected chi connectivity index (χ4v) is 2.56. The minimum Gasteiger partial charge on any atom is -0.383 e. The van der Waals surface area contributed by atoms with Crippen molar-refractivity contribution in [2.75, 3.05) is 12.3 Å². The lowest BCUT2D eigenvalue weighted by Gasteiger charge is -2.28. The molecule has 0 bridgehead atoms. The first kappa shape index (κ1) is 15.3. The van der Waals surface area contributed by atoms with E-state index in [-0.39, 0.29) is 12.1 Å². The molecule has 5 nitrogen and oxygen atoms in total. The average Bonchev–Trinajstić information content (AvgIpc) is 2.53. The Balaban J connectivity index is 1.85. The highest BCUT2D eigenvalue weighted by Gasteiger charge is 2.32. The number of rotatable bonds is 1. The molecule has 0 saturated heterocycles. The number of nitrogens with zero attached hydrogens (tertiary/aromatic N) is 3. The van der Waals surface area contributed by atoms with Crippen molar-refractivity contribution in [3.05, 3.63) is 53.0 Å². The zero-order valence-corrected chi connectivity index (χ0v) is 12.0. The van der Waals surface area contributed by atoms with Crippen LogP contribution in [-0.4, -0.2) is 27.3 Å². The first-order chi connectivity index (χ1) is 10.9. The van der Waals surface area contributed by atoms with E-state index in [4.69, 9.17) is 5.73 Å². The van der Waals surface area contributed by atoms with Crippen LogP contribution in [0.4, 0.5) is 19.0 Å². The molecule has 120 valence electrons. The molecule has 0 saturated carbocycles. The van der Waals surface area contributed by atoms with Crippen LogP contribution in [0, 0.1) is 0 Å². The van der Waals surface area contributed by atoms with Crippen LogP contribution in [0.1, 0.15) is 27.2 Å². The average molecular weight is 322 g/mol. The van der Waals surface area contributed by atoms with Gasteiger partial charge in [-0.1, -0.05) is 6.07 Å². The van der Waals surface area contributed by atoms with Crippen molar-refractivity contribution in [2.24, 2.45) is 0 Å². The summed E-state index contributed by atoms with van der Waals surface area (Å²) in [6.07, 6.45) is -2.69. The van der Waals surface area contributed by atoms with Crippen LogP contribution in [0.2, 0.25) is 0 Å². The normalized spacial score (nSPS) is 14.5. The molecule has 23 heavy (non-hydrogen) atoms. The zero-order chi connectivity index (χ0) is 16.6. The number of nitrogen functional groups attached to an aromatic ring is 1. The Hall–Kier alpha value is -2.64. The van der Waals surface area contributed by atoms with E-state index < -0.39 is 17.6 Å². The number of benzene rings is 1. The van der Waals surface area contributed by atoms with E-state index in [1.165, 1.54) is 23.4 Å². The summed E-state index contributed by atoms with van der Waals surface area (Å²) in [4.78, 5) is 21.9. The fourth-order valence-electron chi connectivity index (χ4n) is 2.56. The van der Waals surface area contributed by atoms with Crippen LogP contribution in [-0.2, 0) is 19.1 Å². The molecule has 2 N–H and O–H groups in total. The van der Waals surface area contributed by atoms with E-state index in [1.807, 2.05) is 0 Å². The predicted molar refractivity (Wildman–Crippen MR) is 76.3 cm³/mol. The Morgan fingerprint density at radius 1 is 1.26 bits per heavy atom. The molecule has 1 aliphatic heterocycles. The third-order valence-electron chi connectivity index (χ3n) is 3.76. The summed E-state index contributed by atoms with van der Waals surface area (Å²) in [5.41, 5.74) is 6.35. The van der Waals surface area contributed by atoms with E-state index in [0.717, 1.165) is 17.7 Å². The number of hydrogen-bond acceptors (Lipinski definition) is 4. The molecule has 1 aromatic carbocycles. The van der Waals surface area contributed by atoms with Crippen LogP contribution >= 0.6 is 0 Å². The van der Waals surface area contributed by atoms with Crippen molar-refractivity contribution in [3.63, 3.8) is 0 Å². The highest BCUT2D eigenvalue weighted by Crippen LogP contribution is 2.30. The summed E-state index contributed by atoms with van der Waals surface area (Å²) in [5, 5.41) is 0. The Morgan fingerprint density at radius 2 is 2.04 bits per heavy atom. The van der Waals surface area contributed by atoms with Crippen LogP contribution in [0.15, 0.2) is 30.6 Å². The standard InChI is InChI=1S/C15H13F3N4O/c16-15(17,18)10-3-1-2-9(6-10)14(23)22-5-4-11-12(7-22)20-8-21-13(11)19/h1-3,6,8H,4-5,7H2,(H2,19,20,21). The molecule has 1 aliphatic rings. The number of hydrogen-bond donors (Lipinski definition) is 1. The second-order valence-corrected chi connectivity index (χ2v) is 5.24. The first-order valence-corrected chi connectivity index (χ1v) is 6.91. The Kier molecular flexibility index (Phi) is 3.67. The highest BCUT2D eigenvalue weighted by atomic mass is 19.4. The molecule has 3 rings (SSSR count). The fraction of sp³-hybridized carbons (Fsp3) is 0.267. The summed E-state index contributed by atoms with van der Waals surface area (Å²) in [6, 6.07) is 4.41. The second kappa shape index (κ2) is 5.53. The van der Waals surface area contributed by atoms with Crippen LogP contribution < -0.4 is 5.73 Å². The van der Waals surface area contributed by atoms with Crippen molar-refractivity contribution in [1.29, 1.82) is 0 Å². The second-order valence-electron chi connectivity index (χ2n) is 5.24. The van der Waals surface area contributed by atoms with Crippen molar-refractivity contribution in [1.82, 2.24) is 14.9 Å². The first-order valence-electron chi connectivity index (χ1n) is 6.91. The lowest BCUT2D eigenvalue weighted by atomic mass is 10.0. The van der Waals surface area contributed by atoms with Crippen LogP contribution in [0.3, 0.4) is 0 Å². The van der Waals surface area contributed by atoms with E-state index in [9.17, 15) is 18.0 Å². The van der Waals surface area contributed by atoms with Gasteiger partial charge < -0.3 is 10.6 Å². The molecule has 1 aromatic heterocycles. The van der Waals surface area contributed by atoms with Crippen LogP contribution in [0.25, 0.3) is 0 Å². The minimum absolute atomic E-state index is 0.00491. The largest absolute Gasteiger partial charge is 0.416 e. The summed E-state index contributed by atoms with van der Waals surface area (Å²) < 4.78 is 38.3. The Labute approximate surface area is 130 Å². The number of aromatic nitrogens is 2. The number of carbonyl (C=O) groups excluding carboxylic acids is 1. The van der Waals surface area contributed by atoms with Gasteiger partial charge in [0.1, 0.15) is 12.1 Å². The van der Waals surface area contributed by atoms with Crippen molar-refractivity contribution < 1.29 is 18.0 Å². The maximum absolute atomic E-state index is 12.8. The molecule has 0 atom stereocenters. The van der Waals surface area contributed by atoms with Crippen molar-refractivity contribution in [2.45, 2.75) is 19.1 Å². The van der Waals surface area contributed by atoms with E-state index >= 15 is 0 Å². The molecule has 0 unspecified atom stereocenters. The van der Waals surface area contributed by atoms with Gasteiger partial charge in [0, 0.05) is 17.7 Å². The predicted octanol–water partition coefficient (Wildman–Crippen LogP) is 2.28. The Morgan fingerprint density at radius 3 is 2.78 bits per heavy atom. The maximum Gasteiger partial charge on any atom is 0.416 e. The SMILES string of the molecule is Nc1ncnc2c1CCN(C(=O)c1cccc(C(F)(F)F)c1)C2. The van der Waals surface area contributed by atoms with Gasteiger partial charge in [0.15, 0.2) is 0 Å². The molecule has 0 spiro atoms. The van der Waals surface area contributed by atoms with Crippen molar-refractivity contribution >= 4 is 11.7 Å². The number of carbonyl (C=O) groups is 1. The molecule has 8 heteroatoms. The van der Waals surface area contributed by atoms with E-state index in [0.29, 0.717) is 24.5 Å². The van der Waals surface area contributed by atoms with Gasteiger partial charge in [-0.3, -0.25) is 4.79 Å². The van der Waals surface area contributed by atoms with Gasteiger partial charge in [-0.05, 0) is 24.6 Å². The van der Waals surface area contributed by atoms with Crippen LogP contribution in [0.5, 0.6) is 0 Å². The molecular formula is C15H13F3N4O. The number of anilines is 1. The molecule has 2 heterocycles. The van der Waals surface area contributed by atoms with Gasteiger partial charge in [-0.25, -0.2) is 9.97 Å². The van der Waals surface area contributed by atoms with Gasteiger partial charge in [0.2, 0.25) is 0 Å². The van der Waals surface area contributed by atoms with Gasteiger partial charge in [-0.2, -0.15) is 13.2 Å². The molecule has 0 radical (unpaired) electrons. The third-order valence-corrected chi connectivity index (χ3v) is 3.76. The zero-order valence-electron chi connectivity index (χ0n) is 12.0. The van der Waals surface area contributed by atoms with Gasteiger partial charge in [-0.15, -0.1) is 0 Å². The molecule has 0 fully saturated rings. The lowest BCUT2D eigenvalue weighted by molar-refractivity contribution is -0.137. The highest BCUT2D eigenvalue weighted by molar-refractivity contribution is 5.94. The monoisotopic (exact) mass is 322 g/mol. The topological polar surface area (TPSA) is 72.1 Å². The molecule has 2 aromatic rings. The number of amides is 1. The maximum atomic E-state index is 12.8.